The Morgan fingerprint density at radius 2 is 1.89 bits per heavy atom. The van der Waals surface area contributed by atoms with Crippen LogP contribution >= 0.6 is 0 Å². The molecule has 0 aliphatic rings. The van der Waals surface area contributed by atoms with Crippen molar-refractivity contribution in [2.24, 2.45) is 0 Å². The lowest BCUT2D eigenvalue weighted by atomic mass is 10.2. The molecule has 1 atom stereocenters. The molecule has 0 unspecified atom stereocenters. The molecule has 0 heterocycles. The Bertz CT molecular complexity index is 460. The summed E-state index contributed by atoms with van der Waals surface area (Å²) in [6.07, 6.45) is 0. The summed E-state index contributed by atoms with van der Waals surface area (Å²) in [4.78, 5) is 12.3. The summed E-state index contributed by atoms with van der Waals surface area (Å²) < 4.78 is 16.8. The van der Waals surface area contributed by atoms with E-state index in [0.717, 1.165) is 10.5 Å². The second-order valence-electron chi connectivity index (χ2n) is 4.40. The summed E-state index contributed by atoms with van der Waals surface area (Å²) >= 11 is 0. The molecule has 0 amide bonds. The minimum atomic E-state index is -1.03. The Balaban J connectivity index is 2.73. The number of carbonyl (C=O) groups excluding carboxylic acids is 1. The molecular formula is C14H18O3S. The van der Waals surface area contributed by atoms with Crippen LogP contribution in [0.1, 0.15) is 31.1 Å². The van der Waals surface area contributed by atoms with Gasteiger partial charge in [-0.1, -0.05) is 20.4 Å². The van der Waals surface area contributed by atoms with Gasteiger partial charge in [0.1, 0.15) is 6.61 Å². The highest BCUT2D eigenvalue weighted by Gasteiger charge is 2.11. The van der Waals surface area contributed by atoms with E-state index in [1.54, 1.807) is 31.2 Å². The second kappa shape index (κ2) is 6.50. The highest BCUT2D eigenvalue weighted by molar-refractivity contribution is 7.85. The fourth-order valence-corrected chi connectivity index (χ4v) is 2.22. The number of carbonyl (C=O) groups is 1. The molecule has 1 rings (SSSR count). The maximum Gasteiger partial charge on any atom is 0.338 e. The maximum atomic E-state index is 11.8. The molecular weight excluding hydrogens is 248 g/mol. The van der Waals surface area contributed by atoms with Gasteiger partial charge in [0.05, 0.1) is 16.4 Å². The first kappa shape index (κ1) is 14.6. The number of esters is 1. The van der Waals surface area contributed by atoms with Gasteiger partial charge in [-0.15, -0.1) is 0 Å². The van der Waals surface area contributed by atoms with Crippen LogP contribution in [0.5, 0.6) is 0 Å². The van der Waals surface area contributed by atoms with E-state index in [2.05, 4.69) is 6.58 Å². The monoisotopic (exact) mass is 266 g/mol. The van der Waals surface area contributed by atoms with Gasteiger partial charge in [-0.2, -0.15) is 0 Å². The van der Waals surface area contributed by atoms with Crippen LogP contribution in [0.25, 0.3) is 0 Å². The topological polar surface area (TPSA) is 43.4 Å². The van der Waals surface area contributed by atoms with Crippen LogP contribution in [0.15, 0.2) is 41.3 Å². The summed E-state index contributed by atoms with van der Waals surface area (Å²) in [5.74, 6) is -0.389. The first-order valence-electron chi connectivity index (χ1n) is 5.74. The van der Waals surface area contributed by atoms with Crippen LogP contribution in [0.3, 0.4) is 0 Å². The van der Waals surface area contributed by atoms with Gasteiger partial charge < -0.3 is 4.74 Å². The van der Waals surface area contributed by atoms with Crippen LogP contribution in [0.2, 0.25) is 0 Å². The predicted octanol–water partition coefficient (Wildman–Crippen LogP) is 2.94. The lowest BCUT2D eigenvalue weighted by Gasteiger charge is -2.07. The van der Waals surface area contributed by atoms with Gasteiger partial charge >= 0.3 is 5.97 Å². The molecule has 18 heavy (non-hydrogen) atoms. The third-order valence-corrected chi connectivity index (χ3v) is 3.79. The molecule has 0 radical (unpaired) electrons. The molecule has 0 saturated heterocycles. The van der Waals surface area contributed by atoms with E-state index in [0.29, 0.717) is 5.56 Å². The molecule has 0 saturated carbocycles. The normalized spacial score (nSPS) is 12.2. The first-order chi connectivity index (χ1) is 8.41. The van der Waals surface area contributed by atoms with Gasteiger partial charge in [-0.05, 0) is 36.8 Å². The summed E-state index contributed by atoms with van der Waals surface area (Å²) in [5, 5.41) is 0.0613. The van der Waals surface area contributed by atoms with Crippen molar-refractivity contribution in [1.29, 1.82) is 0 Å². The average molecular weight is 266 g/mol. The van der Waals surface area contributed by atoms with E-state index in [9.17, 15) is 9.00 Å². The summed E-state index contributed by atoms with van der Waals surface area (Å²) in [6.45, 7) is 9.46. The maximum absolute atomic E-state index is 11.8. The third-order valence-electron chi connectivity index (χ3n) is 2.20. The average Bonchev–Trinajstić information content (AvgIpc) is 2.35. The van der Waals surface area contributed by atoms with Crippen LogP contribution in [-0.4, -0.2) is 22.0 Å². The molecule has 0 aliphatic heterocycles. The third kappa shape index (κ3) is 4.11. The molecule has 0 aliphatic carbocycles. The fraction of sp³-hybridized carbons (Fsp3) is 0.357. The van der Waals surface area contributed by atoms with Crippen LogP contribution in [-0.2, 0) is 15.5 Å². The number of ether oxygens (including phenoxy) is 1. The fourth-order valence-electron chi connectivity index (χ4n) is 1.27. The van der Waals surface area contributed by atoms with Crippen LogP contribution in [0.4, 0.5) is 0 Å². The molecule has 1 aromatic rings. The van der Waals surface area contributed by atoms with Crippen molar-refractivity contribution in [1.82, 2.24) is 0 Å². The van der Waals surface area contributed by atoms with E-state index < -0.39 is 10.8 Å². The van der Waals surface area contributed by atoms with Crippen molar-refractivity contribution in [2.45, 2.75) is 30.9 Å². The van der Waals surface area contributed by atoms with Crippen molar-refractivity contribution >= 4 is 16.8 Å². The predicted molar refractivity (Wildman–Crippen MR) is 73.1 cm³/mol. The molecule has 98 valence electrons. The minimum Gasteiger partial charge on any atom is -0.458 e. The van der Waals surface area contributed by atoms with Gasteiger partial charge in [-0.3, -0.25) is 4.21 Å². The number of benzene rings is 1. The smallest absolute Gasteiger partial charge is 0.338 e. The lowest BCUT2D eigenvalue weighted by molar-refractivity contribution is 0.0540. The van der Waals surface area contributed by atoms with Crippen molar-refractivity contribution in [3.05, 3.63) is 42.0 Å². The van der Waals surface area contributed by atoms with Crippen molar-refractivity contribution < 1.29 is 13.7 Å². The van der Waals surface area contributed by atoms with E-state index in [1.807, 2.05) is 13.8 Å². The summed E-state index contributed by atoms with van der Waals surface area (Å²) in [7, 11) is -1.03. The Kier molecular flexibility index (Phi) is 5.28. The van der Waals surface area contributed by atoms with Gasteiger partial charge in [0.25, 0.3) is 0 Å². The zero-order chi connectivity index (χ0) is 13.7. The van der Waals surface area contributed by atoms with Crippen LogP contribution in [0, 0.1) is 0 Å². The molecule has 0 aromatic heterocycles. The standard InChI is InChI=1S/C14H18O3S/c1-10(2)9-17-14(15)12-5-7-13(8-6-12)18(16)11(3)4/h5-8,11H,1,9H2,2-4H3/t18-/m0/s1. The molecule has 3 nitrogen and oxygen atoms in total. The van der Waals surface area contributed by atoms with Crippen LogP contribution < -0.4 is 0 Å². The molecule has 0 spiro atoms. The SMILES string of the molecule is C=C(C)COC(=O)c1ccc([S@@](=O)C(C)C)cc1. The molecule has 1 aromatic carbocycles. The summed E-state index contributed by atoms with van der Waals surface area (Å²) in [6, 6.07) is 6.67. The van der Waals surface area contributed by atoms with Gasteiger partial charge in [0, 0.05) is 10.1 Å². The highest BCUT2D eigenvalue weighted by Crippen LogP contribution is 2.13. The van der Waals surface area contributed by atoms with Crippen molar-refractivity contribution in [3.8, 4) is 0 Å². The van der Waals surface area contributed by atoms with Gasteiger partial charge in [0.15, 0.2) is 0 Å². The van der Waals surface area contributed by atoms with E-state index >= 15 is 0 Å². The summed E-state index contributed by atoms with van der Waals surface area (Å²) in [5.41, 5.74) is 1.25. The zero-order valence-corrected chi connectivity index (χ0v) is 11.8. The van der Waals surface area contributed by atoms with E-state index in [4.69, 9.17) is 4.74 Å². The largest absolute Gasteiger partial charge is 0.458 e. The number of hydrogen-bond acceptors (Lipinski definition) is 3. The molecule has 0 bridgehead atoms. The Labute approximate surface area is 110 Å². The van der Waals surface area contributed by atoms with E-state index in [1.165, 1.54) is 0 Å². The Morgan fingerprint density at radius 3 is 2.33 bits per heavy atom. The minimum absolute atomic E-state index is 0.0613. The number of rotatable bonds is 5. The van der Waals surface area contributed by atoms with Crippen molar-refractivity contribution in [3.63, 3.8) is 0 Å². The quantitative estimate of drug-likeness (QED) is 0.608. The van der Waals surface area contributed by atoms with E-state index in [-0.39, 0.29) is 17.8 Å². The van der Waals surface area contributed by atoms with Gasteiger partial charge in [0.2, 0.25) is 0 Å². The highest BCUT2D eigenvalue weighted by atomic mass is 32.2. The second-order valence-corrected chi connectivity index (χ2v) is 6.41. The van der Waals surface area contributed by atoms with Crippen molar-refractivity contribution in [2.75, 3.05) is 6.61 Å². The molecule has 4 heteroatoms. The Hall–Kier alpha value is -1.42. The molecule has 0 fully saturated rings. The molecule has 0 N–H and O–H groups in total. The zero-order valence-electron chi connectivity index (χ0n) is 10.9. The number of hydrogen-bond donors (Lipinski definition) is 0. The Morgan fingerprint density at radius 1 is 1.33 bits per heavy atom. The first-order valence-corrected chi connectivity index (χ1v) is 6.95. The lowest BCUT2D eigenvalue weighted by Crippen LogP contribution is -2.08. The van der Waals surface area contributed by atoms with Gasteiger partial charge in [-0.25, -0.2) is 4.79 Å².